The maximum atomic E-state index is 11.2. The van der Waals surface area contributed by atoms with Crippen molar-refractivity contribution >= 4 is 29.2 Å². The lowest BCUT2D eigenvalue weighted by Gasteiger charge is -2.08. The first-order valence-electron chi connectivity index (χ1n) is 5.54. The number of carboxylic acids is 1. The molecule has 0 amide bonds. The Morgan fingerprint density at radius 3 is 2.55 bits per heavy atom. The number of aromatic carboxylic acids is 1. The number of pyridine rings is 1. The third-order valence-electron chi connectivity index (χ3n) is 2.76. The van der Waals surface area contributed by atoms with Crippen molar-refractivity contribution in [2.45, 2.75) is 6.92 Å². The van der Waals surface area contributed by atoms with E-state index < -0.39 is 5.97 Å². The van der Waals surface area contributed by atoms with Crippen LogP contribution in [-0.2, 0) is 0 Å². The van der Waals surface area contributed by atoms with E-state index in [-0.39, 0.29) is 11.1 Å². The van der Waals surface area contributed by atoms with Crippen molar-refractivity contribution in [1.29, 1.82) is 5.26 Å². The number of carbonyl (C=O) groups is 1. The molecule has 0 spiro atoms. The lowest BCUT2D eigenvalue weighted by molar-refractivity contribution is 0.0696. The Morgan fingerprint density at radius 1 is 1.30 bits per heavy atom. The van der Waals surface area contributed by atoms with Gasteiger partial charge in [-0.1, -0.05) is 29.3 Å². The van der Waals surface area contributed by atoms with Crippen LogP contribution in [0.4, 0.5) is 0 Å². The van der Waals surface area contributed by atoms with E-state index in [1.54, 1.807) is 25.1 Å². The molecule has 2 aromatic rings. The number of nitrogens with zero attached hydrogens (tertiary/aromatic N) is 2. The van der Waals surface area contributed by atoms with Crippen LogP contribution in [0, 0.1) is 18.3 Å². The summed E-state index contributed by atoms with van der Waals surface area (Å²) in [6.45, 7) is 1.59. The molecule has 0 saturated heterocycles. The molecule has 0 saturated carbocycles. The highest BCUT2D eigenvalue weighted by atomic mass is 35.5. The van der Waals surface area contributed by atoms with Crippen molar-refractivity contribution in [2.24, 2.45) is 0 Å². The molecule has 20 heavy (non-hydrogen) atoms. The number of hydrogen-bond acceptors (Lipinski definition) is 3. The van der Waals surface area contributed by atoms with Gasteiger partial charge in [-0.05, 0) is 25.1 Å². The Hall–Kier alpha value is -2.09. The summed E-state index contributed by atoms with van der Waals surface area (Å²) >= 11 is 11.8. The highest BCUT2D eigenvalue weighted by Crippen LogP contribution is 2.29. The van der Waals surface area contributed by atoms with E-state index in [2.05, 4.69) is 4.98 Å². The van der Waals surface area contributed by atoms with Gasteiger partial charge >= 0.3 is 5.97 Å². The van der Waals surface area contributed by atoms with Crippen molar-refractivity contribution in [1.82, 2.24) is 4.98 Å². The molecule has 0 bridgehead atoms. The van der Waals surface area contributed by atoms with Crippen LogP contribution < -0.4 is 0 Å². The molecule has 1 N–H and O–H groups in total. The van der Waals surface area contributed by atoms with Crippen LogP contribution in [0.5, 0.6) is 0 Å². The van der Waals surface area contributed by atoms with Crippen molar-refractivity contribution < 1.29 is 9.90 Å². The highest BCUT2D eigenvalue weighted by molar-refractivity contribution is 6.42. The smallest absolute Gasteiger partial charge is 0.337 e. The van der Waals surface area contributed by atoms with Crippen molar-refractivity contribution in [2.75, 3.05) is 0 Å². The molecule has 0 aliphatic rings. The molecule has 0 aliphatic heterocycles. The van der Waals surface area contributed by atoms with Crippen molar-refractivity contribution in [3.05, 3.63) is 51.1 Å². The van der Waals surface area contributed by atoms with Crippen LogP contribution >= 0.6 is 23.2 Å². The predicted molar refractivity (Wildman–Crippen MR) is 76.1 cm³/mol. The Kier molecular flexibility index (Phi) is 3.93. The molecule has 0 fully saturated rings. The fraction of sp³-hybridized carbons (Fsp3) is 0.0714. The van der Waals surface area contributed by atoms with Gasteiger partial charge in [-0.2, -0.15) is 5.26 Å². The first-order chi connectivity index (χ1) is 9.43. The fourth-order valence-electron chi connectivity index (χ4n) is 1.79. The summed E-state index contributed by atoms with van der Waals surface area (Å²) in [7, 11) is 0. The maximum Gasteiger partial charge on any atom is 0.337 e. The van der Waals surface area contributed by atoms with E-state index in [1.807, 2.05) is 6.07 Å². The third kappa shape index (κ3) is 2.60. The van der Waals surface area contributed by atoms with Gasteiger partial charge in [-0.3, -0.25) is 4.98 Å². The van der Waals surface area contributed by atoms with E-state index in [9.17, 15) is 4.79 Å². The first kappa shape index (κ1) is 14.3. The molecule has 0 aliphatic carbocycles. The SMILES string of the molecule is Cc1nc(-c2ccc(Cl)c(Cl)c2)cc(C(=O)O)c1C#N. The Morgan fingerprint density at radius 2 is 2.00 bits per heavy atom. The van der Waals surface area contributed by atoms with Gasteiger partial charge in [0.2, 0.25) is 0 Å². The number of aryl methyl sites for hydroxylation is 1. The molecule has 1 aromatic carbocycles. The van der Waals surface area contributed by atoms with E-state index >= 15 is 0 Å². The highest BCUT2D eigenvalue weighted by Gasteiger charge is 2.16. The molecule has 100 valence electrons. The van der Waals surface area contributed by atoms with Crippen molar-refractivity contribution in [3.63, 3.8) is 0 Å². The second-order valence-corrected chi connectivity index (χ2v) is 4.88. The average Bonchev–Trinajstić information content (AvgIpc) is 2.40. The van der Waals surface area contributed by atoms with Crippen LogP contribution in [0.1, 0.15) is 21.6 Å². The minimum atomic E-state index is -1.17. The standard InChI is InChI=1S/C14H8Cl2N2O2/c1-7-10(6-17)9(14(19)20)5-13(18-7)8-2-3-11(15)12(16)4-8/h2-5H,1H3,(H,19,20). The van der Waals surface area contributed by atoms with Gasteiger partial charge in [0.25, 0.3) is 0 Å². The average molecular weight is 307 g/mol. The predicted octanol–water partition coefficient (Wildman–Crippen LogP) is 3.93. The number of aromatic nitrogens is 1. The zero-order chi connectivity index (χ0) is 14.9. The monoisotopic (exact) mass is 306 g/mol. The molecular weight excluding hydrogens is 299 g/mol. The lowest BCUT2D eigenvalue weighted by Crippen LogP contribution is -2.05. The Bertz CT molecular complexity index is 752. The Labute approximate surface area is 125 Å². The molecule has 0 radical (unpaired) electrons. The molecule has 0 atom stereocenters. The van der Waals surface area contributed by atoms with Gasteiger partial charge in [0.1, 0.15) is 6.07 Å². The van der Waals surface area contributed by atoms with Gasteiger partial charge < -0.3 is 5.11 Å². The zero-order valence-electron chi connectivity index (χ0n) is 10.3. The molecule has 2 rings (SSSR count). The maximum absolute atomic E-state index is 11.2. The molecule has 4 nitrogen and oxygen atoms in total. The summed E-state index contributed by atoms with van der Waals surface area (Å²) in [5.41, 5.74) is 1.39. The number of benzene rings is 1. The summed E-state index contributed by atoms with van der Waals surface area (Å²) in [6, 6.07) is 8.10. The topological polar surface area (TPSA) is 74.0 Å². The summed E-state index contributed by atoms with van der Waals surface area (Å²) in [5, 5.41) is 18.9. The van der Waals surface area contributed by atoms with Gasteiger partial charge in [0, 0.05) is 5.56 Å². The van der Waals surface area contributed by atoms with Crippen LogP contribution in [0.3, 0.4) is 0 Å². The van der Waals surface area contributed by atoms with E-state index in [1.165, 1.54) is 6.07 Å². The second-order valence-electron chi connectivity index (χ2n) is 4.06. The molecule has 0 unspecified atom stereocenters. The number of carboxylic acid groups (broad SMARTS) is 1. The molecular formula is C14H8Cl2N2O2. The van der Waals surface area contributed by atoms with Crippen molar-refractivity contribution in [3.8, 4) is 17.3 Å². The summed E-state index contributed by atoms with van der Waals surface area (Å²) in [5.74, 6) is -1.17. The minimum absolute atomic E-state index is 0.0568. The largest absolute Gasteiger partial charge is 0.478 e. The van der Waals surface area contributed by atoms with Gasteiger partial charge in [-0.25, -0.2) is 4.79 Å². The number of halogens is 2. The lowest BCUT2D eigenvalue weighted by atomic mass is 10.0. The summed E-state index contributed by atoms with van der Waals surface area (Å²) in [4.78, 5) is 15.5. The molecule has 1 heterocycles. The zero-order valence-corrected chi connectivity index (χ0v) is 11.8. The number of rotatable bonds is 2. The third-order valence-corrected chi connectivity index (χ3v) is 3.50. The van der Waals surface area contributed by atoms with Gasteiger partial charge in [0.15, 0.2) is 0 Å². The Balaban J connectivity index is 2.67. The normalized spacial score (nSPS) is 10.1. The quantitative estimate of drug-likeness (QED) is 0.912. The second kappa shape index (κ2) is 5.49. The van der Waals surface area contributed by atoms with Crippen LogP contribution in [0.2, 0.25) is 10.0 Å². The van der Waals surface area contributed by atoms with E-state index in [0.29, 0.717) is 27.0 Å². The van der Waals surface area contributed by atoms with Crippen LogP contribution in [0.15, 0.2) is 24.3 Å². The fourth-order valence-corrected chi connectivity index (χ4v) is 2.08. The van der Waals surface area contributed by atoms with E-state index in [4.69, 9.17) is 33.6 Å². The first-order valence-corrected chi connectivity index (χ1v) is 6.30. The minimum Gasteiger partial charge on any atom is -0.478 e. The van der Waals surface area contributed by atoms with Gasteiger partial charge in [0.05, 0.1) is 32.6 Å². The summed E-state index contributed by atoms with van der Waals surface area (Å²) < 4.78 is 0. The van der Waals surface area contributed by atoms with Gasteiger partial charge in [-0.15, -0.1) is 0 Å². The summed E-state index contributed by atoms with van der Waals surface area (Å²) in [6.07, 6.45) is 0. The molecule has 1 aromatic heterocycles. The number of hydrogen-bond donors (Lipinski definition) is 1. The van der Waals surface area contributed by atoms with E-state index in [0.717, 1.165) is 0 Å². The molecule has 6 heteroatoms. The number of nitriles is 1. The van der Waals surface area contributed by atoms with Crippen LogP contribution in [-0.4, -0.2) is 16.1 Å². The van der Waals surface area contributed by atoms with Crippen LogP contribution in [0.25, 0.3) is 11.3 Å².